The van der Waals surface area contributed by atoms with E-state index in [0.29, 0.717) is 47.8 Å². The molecule has 2 aromatic carbocycles. The lowest BCUT2D eigenvalue weighted by atomic mass is 9.98. The fourth-order valence-electron chi connectivity index (χ4n) is 3.02. The van der Waals surface area contributed by atoms with Crippen molar-refractivity contribution in [1.29, 1.82) is 0 Å². The van der Waals surface area contributed by atoms with Crippen LogP contribution in [-0.4, -0.2) is 18.9 Å². The van der Waals surface area contributed by atoms with Crippen LogP contribution in [0.25, 0.3) is 22.1 Å². The predicted molar refractivity (Wildman–Crippen MR) is 91.1 cm³/mol. The molecule has 0 unspecified atom stereocenters. The van der Waals surface area contributed by atoms with E-state index in [-0.39, 0.29) is 17.2 Å². The number of nitrogens with one attached hydrogen (secondary N) is 1. The zero-order valence-electron chi connectivity index (χ0n) is 14.1. The van der Waals surface area contributed by atoms with Gasteiger partial charge >= 0.3 is 12.4 Å². The number of rotatable bonds is 2. The highest BCUT2D eigenvalue weighted by molar-refractivity contribution is 6.01. The monoisotopic (exact) mass is 398 g/mol. The molecule has 3 nitrogen and oxygen atoms in total. The largest absolute Gasteiger partial charge is 0.453 e. The van der Waals surface area contributed by atoms with Crippen molar-refractivity contribution in [3.05, 3.63) is 59.4 Å². The van der Waals surface area contributed by atoms with E-state index in [0.717, 1.165) is 0 Å². The molecule has 0 fully saturated rings. The van der Waals surface area contributed by atoms with Gasteiger partial charge in [0.2, 0.25) is 0 Å². The van der Waals surface area contributed by atoms with Crippen molar-refractivity contribution in [2.24, 2.45) is 4.99 Å². The minimum Gasteiger partial charge on any atom is -0.453 e. The Balaban J connectivity index is 1.82. The van der Waals surface area contributed by atoms with Crippen LogP contribution < -0.4 is 5.32 Å². The highest BCUT2D eigenvalue weighted by atomic mass is 19.4. The van der Waals surface area contributed by atoms with Gasteiger partial charge in [-0.3, -0.25) is 4.99 Å². The number of benzene rings is 2. The lowest BCUT2D eigenvalue weighted by Crippen LogP contribution is -2.18. The van der Waals surface area contributed by atoms with Crippen molar-refractivity contribution in [3.8, 4) is 11.1 Å². The predicted octanol–water partition coefficient (Wildman–Crippen LogP) is 5.49. The summed E-state index contributed by atoms with van der Waals surface area (Å²) in [7, 11) is 0. The average Bonchev–Trinajstić information content (AvgIpc) is 3.28. The van der Waals surface area contributed by atoms with Gasteiger partial charge in [-0.1, -0.05) is 6.07 Å². The summed E-state index contributed by atoms with van der Waals surface area (Å²) in [6.45, 7) is 1.27. The van der Waals surface area contributed by atoms with E-state index in [1.165, 1.54) is 18.2 Å². The second-order valence-electron chi connectivity index (χ2n) is 6.31. The SMILES string of the molecule is FC(F)(F)c1cc(-c2ccc3oc(C4=NCCN4)cc3c2)cc(C(F)(F)F)c1. The number of hydrogen-bond donors (Lipinski definition) is 1. The maximum absolute atomic E-state index is 13.1. The second-order valence-corrected chi connectivity index (χ2v) is 6.31. The van der Waals surface area contributed by atoms with Crippen LogP contribution in [0, 0.1) is 0 Å². The smallest absolute Gasteiger partial charge is 0.416 e. The van der Waals surface area contributed by atoms with Gasteiger partial charge in [-0.15, -0.1) is 0 Å². The van der Waals surface area contributed by atoms with Gasteiger partial charge in [-0.25, -0.2) is 0 Å². The minimum absolute atomic E-state index is 0.113. The molecule has 0 atom stereocenters. The van der Waals surface area contributed by atoms with Crippen molar-refractivity contribution >= 4 is 16.8 Å². The quantitative estimate of drug-likeness (QED) is 0.580. The van der Waals surface area contributed by atoms with E-state index in [1.54, 1.807) is 6.07 Å². The van der Waals surface area contributed by atoms with Crippen LogP contribution >= 0.6 is 0 Å². The lowest BCUT2D eigenvalue weighted by Gasteiger charge is -2.14. The standard InChI is InChI=1S/C19H12F6N2O/c20-18(21,22)13-6-11(7-14(9-13)19(23,24)25)10-1-2-15-12(5-10)8-16(28-15)17-26-3-4-27-17/h1-2,5-9H,3-4H2,(H,26,27). The molecule has 3 aromatic rings. The molecule has 0 bridgehead atoms. The van der Waals surface area contributed by atoms with Gasteiger partial charge in [0, 0.05) is 11.9 Å². The van der Waals surface area contributed by atoms with E-state index in [2.05, 4.69) is 10.3 Å². The van der Waals surface area contributed by atoms with Crippen LogP contribution in [-0.2, 0) is 12.4 Å². The highest BCUT2D eigenvalue weighted by Gasteiger charge is 2.37. The van der Waals surface area contributed by atoms with Gasteiger partial charge in [-0.05, 0) is 47.5 Å². The number of halogens is 6. The Hall–Kier alpha value is -2.97. The Kier molecular flexibility index (Phi) is 4.13. The average molecular weight is 398 g/mol. The maximum atomic E-state index is 13.1. The van der Waals surface area contributed by atoms with E-state index >= 15 is 0 Å². The number of aliphatic imine (C=N–C) groups is 1. The number of hydrogen-bond acceptors (Lipinski definition) is 3. The lowest BCUT2D eigenvalue weighted by molar-refractivity contribution is -0.143. The third kappa shape index (κ3) is 3.44. The molecule has 1 aliphatic rings. The van der Waals surface area contributed by atoms with Crippen molar-refractivity contribution in [1.82, 2.24) is 5.32 Å². The van der Waals surface area contributed by atoms with Gasteiger partial charge in [0.15, 0.2) is 11.6 Å². The van der Waals surface area contributed by atoms with Gasteiger partial charge in [0.25, 0.3) is 0 Å². The van der Waals surface area contributed by atoms with Crippen LogP contribution in [0.2, 0.25) is 0 Å². The molecule has 146 valence electrons. The summed E-state index contributed by atoms with van der Waals surface area (Å²) in [5.74, 6) is 1.03. The Labute approximate surface area is 154 Å². The van der Waals surface area contributed by atoms with Crippen molar-refractivity contribution in [3.63, 3.8) is 0 Å². The molecule has 0 amide bonds. The van der Waals surface area contributed by atoms with Crippen molar-refractivity contribution < 1.29 is 30.8 Å². The molecule has 28 heavy (non-hydrogen) atoms. The van der Waals surface area contributed by atoms with Crippen LogP contribution in [0.4, 0.5) is 26.3 Å². The second kappa shape index (κ2) is 6.29. The minimum atomic E-state index is -4.89. The summed E-state index contributed by atoms with van der Waals surface area (Å²) in [6.07, 6.45) is -9.79. The van der Waals surface area contributed by atoms with Gasteiger partial charge < -0.3 is 9.73 Å². The van der Waals surface area contributed by atoms with Gasteiger partial charge in [0.1, 0.15) is 5.58 Å². The first-order valence-corrected chi connectivity index (χ1v) is 8.23. The maximum Gasteiger partial charge on any atom is 0.416 e. The first kappa shape index (κ1) is 18.4. The molecule has 0 saturated heterocycles. The van der Waals surface area contributed by atoms with Crippen LogP contribution in [0.15, 0.2) is 51.9 Å². The summed E-state index contributed by atoms with van der Waals surface area (Å²) in [5, 5.41) is 3.59. The van der Waals surface area contributed by atoms with E-state index in [4.69, 9.17) is 4.42 Å². The summed E-state index contributed by atoms with van der Waals surface area (Å²) < 4.78 is 84.1. The fraction of sp³-hybridized carbons (Fsp3) is 0.211. The first-order valence-electron chi connectivity index (χ1n) is 8.23. The van der Waals surface area contributed by atoms with E-state index < -0.39 is 23.5 Å². The van der Waals surface area contributed by atoms with Crippen molar-refractivity contribution in [2.75, 3.05) is 13.1 Å². The molecule has 1 aromatic heterocycles. The topological polar surface area (TPSA) is 37.5 Å². The number of amidine groups is 1. The summed E-state index contributed by atoms with van der Waals surface area (Å²) in [4.78, 5) is 4.22. The Morgan fingerprint density at radius 1 is 0.821 bits per heavy atom. The number of nitrogens with zero attached hydrogens (tertiary/aromatic N) is 1. The summed E-state index contributed by atoms with van der Waals surface area (Å²) in [6, 6.07) is 7.61. The summed E-state index contributed by atoms with van der Waals surface area (Å²) >= 11 is 0. The normalized spacial score (nSPS) is 15.0. The van der Waals surface area contributed by atoms with Crippen molar-refractivity contribution in [2.45, 2.75) is 12.4 Å². The molecule has 9 heteroatoms. The molecule has 1 aliphatic heterocycles. The molecular weight excluding hydrogens is 386 g/mol. The van der Waals surface area contributed by atoms with Gasteiger partial charge in [0.05, 0.1) is 17.7 Å². The van der Waals surface area contributed by atoms with Crippen LogP contribution in [0.5, 0.6) is 0 Å². The molecule has 1 N–H and O–H groups in total. The Morgan fingerprint density at radius 2 is 1.50 bits per heavy atom. The molecule has 0 aliphatic carbocycles. The Morgan fingerprint density at radius 3 is 2.07 bits per heavy atom. The molecular formula is C19H12F6N2O. The fourth-order valence-corrected chi connectivity index (χ4v) is 3.02. The van der Waals surface area contributed by atoms with Crippen LogP contribution in [0.1, 0.15) is 16.9 Å². The third-order valence-corrected chi connectivity index (χ3v) is 4.34. The zero-order chi connectivity index (χ0) is 20.1. The number of fused-ring (bicyclic) bond motifs is 1. The number of furan rings is 1. The molecule has 0 saturated carbocycles. The molecule has 4 rings (SSSR count). The number of alkyl halides is 6. The summed E-state index contributed by atoms with van der Waals surface area (Å²) in [5.41, 5.74) is -2.20. The third-order valence-electron chi connectivity index (χ3n) is 4.34. The first-order chi connectivity index (χ1) is 13.1. The van der Waals surface area contributed by atoms with E-state index in [9.17, 15) is 26.3 Å². The van der Waals surface area contributed by atoms with Gasteiger partial charge in [-0.2, -0.15) is 26.3 Å². The zero-order valence-corrected chi connectivity index (χ0v) is 14.1. The Bertz CT molecular complexity index is 1050. The highest BCUT2D eigenvalue weighted by Crippen LogP contribution is 2.39. The molecule has 2 heterocycles. The molecule has 0 spiro atoms. The van der Waals surface area contributed by atoms with E-state index in [1.807, 2.05) is 0 Å². The molecule has 0 radical (unpaired) electrons. The van der Waals surface area contributed by atoms with Crippen LogP contribution in [0.3, 0.4) is 0 Å².